The predicted octanol–water partition coefficient (Wildman–Crippen LogP) is 0.980. The molecule has 0 aliphatic carbocycles. The van der Waals surface area contributed by atoms with Gasteiger partial charge in [0.05, 0.1) is 0 Å². The van der Waals surface area contributed by atoms with Crippen LogP contribution >= 0.6 is 0 Å². The Bertz CT molecular complexity index is 566. The number of carbonyl (C=O) groups is 1. The molecule has 132 valence electrons. The second kappa shape index (κ2) is 7.55. The Morgan fingerprint density at radius 2 is 1.83 bits per heavy atom. The Balaban J connectivity index is 1.94. The molecule has 0 bridgehead atoms. The van der Waals surface area contributed by atoms with Crippen molar-refractivity contribution >= 4 is 18.7 Å². The van der Waals surface area contributed by atoms with Crippen molar-refractivity contribution in [2.75, 3.05) is 26.2 Å². The van der Waals surface area contributed by atoms with Gasteiger partial charge in [-0.15, -0.1) is 0 Å². The van der Waals surface area contributed by atoms with Gasteiger partial charge in [0.15, 0.2) is 0 Å². The van der Waals surface area contributed by atoms with Gasteiger partial charge >= 0.3 is 13.2 Å². The van der Waals surface area contributed by atoms with Crippen LogP contribution in [0, 0.1) is 0 Å². The van der Waals surface area contributed by atoms with Gasteiger partial charge in [0.1, 0.15) is 5.60 Å². The maximum atomic E-state index is 12.1. The third kappa shape index (κ3) is 4.96. The number of carbonyl (C=O) groups excluding carboxylic acids is 1. The van der Waals surface area contributed by atoms with E-state index in [1.807, 2.05) is 39.0 Å². The van der Waals surface area contributed by atoms with E-state index in [-0.39, 0.29) is 12.1 Å². The van der Waals surface area contributed by atoms with Crippen LogP contribution in [0.4, 0.5) is 4.79 Å². The van der Waals surface area contributed by atoms with E-state index >= 15 is 0 Å². The molecule has 0 radical (unpaired) electrons. The molecule has 0 saturated carbocycles. The van der Waals surface area contributed by atoms with Crippen molar-refractivity contribution in [3.8, 4) is 0 Å². The molecule has 1 amide bonds. The van der Waals surface area contributed by atoms with Crippen LogP contribution in [0.3, 0.4) is 0 Å². The summed E-state index contributed by atoms with van der Waals surface area (Å²) >= 11 is 0. The standard InChI is InChI=1S/C17H27BN2O4/c1-13(14-6-5-7-15(12-14)18(22)23)19-8-10-20(11-9-19)16(21)24-17(2,3)4/h5-7,12-13,22-23H,8-11H2,1-4H3/t13-/m1/s1. The Hall–Kier alpha value is -1.57. The monoisotopic (exact) mass is 334 g/mol. The zero-order chi connectivity index (χ0) is 17.9. The number of hydrogen-bond acceptors (Lipinski definition) is 5. The normalized spacial score (nSPS) is 17.5. The van der Waals surface area contributed by atoms with Gasteiger partial charge in [-0.3, -0.25) is 4.90 Å². The molecule has 1 aliphatic rings. The first-order chi connectivity index (χ1) is 11.2. The molecular formula is C17H27BN2O4. The minimum atomic E-state index is -1.46. The first-order valence-corrected chi connectivity index (χ1v) is 8.35. The Morgan fingerprint density at radius 3 is 2.38 bits per heavy atom. The van der Waals surface area contributed by atoms with Gasteiger partial charge in [-0.2, -0.15) is 0 Å². The summed E-state index contributed by atoms with van der Waals surface area (Å²) in [6, 6.07) is 7.47. The number of rotatable bonds is 3. The molecule has 7 heteroatoms. The van der Waals surface area contributed by atoms with Gasteiger partial charge in [0.2, 0.25) is 0 Å². The lowest BCUT2D eigenvalue weighted by Gasteiger charge is -2.38. The molecule has 6 nitrogen and oxygen atoms in total. The average Bonchev–Trinajstić information content (AvgIpc) is 2.53. The maximum Gasteiger partial charge on any atom is 0.488 e. The molecule has 0 spiro atoms. The quantitative estimate of drug-likeness (QED) is 0.806. The summed E-state index contributed by atoms with van der Waals surface area (Å²) in [5, 5.41) is 18.6. The van der Waals surface area contributed by atoms with Gasteiger partial charge in [0, 0.05) is 32.2 Å². The van der Waals surface area contributed by atoms with E-state index in [4.69, 9.17) is 4.74 Å². The van der Waals surface area contributed by atoms with Gasteiger partial charge in [-0.05, 0) is 38.7 Å². The highest BCUT2D eigenvalue weighted by Gasteiger charge is 2.28. The highest BCUT2D eigenvalue weighted by molar-refractivity contribution is 6.58. The molecule has 2 N–H and O–H groups in total. The second-order valence-corrected chi connectivity index (χ2v) is 7.22. The zero-order valence-electron chi connectivity index (χ0n) is 14.9. The van der Waals surface area contributed by atoms with Crippen molar-refractivity contribution in [3.63, 3.8) is 0 Å². The van der Waals surface area contributed by atoms with Crippen LogP contribution in [0.5, 0.6) is 0 Å². The van der Waals surface area contributed by atoms with Crippen LogP contribution in [0.2, 0.25) is 0 Å². The van der Waals surface area contributed by atoms with E-state index in [9.17, 15) is 14.8 Å². The number of nitrogens with zero attached hydrogens (tertiary/aromatic N) is 2. The molecule has 1 fully saturated rings. The molecule has 24 heavy (non-hydrogen) atoms. The topological polar surface area (TPSA) is 73.2 Å². The summed E-state index contributed by atoms with van der Waals surface area (Å²) in [6.45, 7) is 10.5. The first kappa shape index (κ1) is 18.8. The fourth-order valence-electron chi connectivity index (χ4n) is 2.81. The van der Waals surface area contributed by atoms with Crippen molar-refractivity contribution in [3.05, 3.63) is 29.8 Å². The van der Waals surface area contributed by atoms with E-state index in [1.165, 1.54) is 0 Å². The van der Waals surface area contributed by atoms with Crippen molar-refractivity contribution in [2.45, 2.75) is 39.3 Å². The maximum absolute atomic E-state index is 12.1. The smallest absolute Gasteiger partial charge is 0.444 e. The molecule has 0 aromatic heterocycles. The van der Waals surface area contributed by atoms with E-state index in [1.54, 1.807) is 11.0 Å². The van der Waals surface area contributed by atoms with E-state index in [2.05, 4.69) is 11.8 Å². The fraction of sp³-hybridized carbons (Fsp3) is 0.588. The van der Waals surface area contributed by atoms with Crippen LogP contribution in [0.15, 0.2) is 24.3 Å². The van der Waals surface area contributed by atoms with Crippen LogP contribution < -0.4 is 5.46 Å². The largest absolute Gasteiger partial charge is 0.488 e. The molecule has 1 atom stereocenters. The highest BCUT2D eigenvalue weighted by Crippen LogP contribution is 2.21. The minimum Gasteiger partial charge on any atom is -0.444 e. The number of benzene rings is 1. The second-order valence-electron chi connectivity index (χ2n) is 7.22. The SMILES string of the molecule is C[C@H](c1cccc(B(O)O)c1)N1CCN(C(=O)OC(C)(C)C)CC1. The molecular weight excluding hydrogens is 307 g/mol. The van der Waals surface area contributed by atoms with Crippen LogP contribution in [0.1, 0.15) is 39.3 Å². The lowest BCUT2D eigenvalue weighted by Crippen LogP contribution is -2.50. The third-order valence-electron chi connectivity index (χ3n) is 4.20. The van der Waals surface area contributed by atoms with Crippen molar-refractivity contribution in [2.24, 2.45) is 0 Å². The van der Waals surface area contributed by atoms with Crippen molar-refractivity contribution in [1.82, 2.24) is 9.80 Å². The summed E-state index contributed by atoms with van der Waals surface area (Å²) < 4.78 is 5.41. The lowest BCUT2D eigenvalue weighted by molar-refractivity contribution is 0.0110. The number of amides is 1. The molecule has 1 aromatic carbocycles. The predicted molar refractivity (Wildman–Crippen MR) is 94.1 cm³/mol. The summed E-state index contributed by atoms with van der Waals surface area (Å²) in [6.07, 6.45) is -0.264. The lowest BCUT2D eigenvalue weighted by atomic mass is 9.79. The van der Waals surface area contributed by atoms with Crippen LogP contribution in [-0.2, 0) is 4.74 Å². The van der Waals surface area contributed by atoms with Crippen LogP contribution in [0.25, 0.3) is 0 Å². The molecule has 2 rings (SSSR count). The summed E-state index contributed by atoms with van der Waals surface area (Å²) in [7, 11) is -1.46. The molecule has 1 saturated heterocycles. The van der Waals surface area contributed by atoms with Gasteiger partial charge in [-0.1, -0.05) is 24.3 Å². The van der Waals surface area contributed by atoms with Crippen LogP contribution in [-0.4, -0.2) is 64.8 Å². The Morgan fingerprint density at radius 1 is 1.21 bits per heavy atom. The summed E-state index contributed by atoms with van der Waals surface area (Å²) in [4.78, 5) is 16.1. The number of hydrogen-bond donors (Lipinski definition) is 2. The summed E-state index contributed by atoms with van der Waals surface area (Å²) in [5.41, 5.74) is 1.05. The Kier molecular flexibility index (Phi) is 5.90. The molecule has 0 unspecified atom stereocenters. The number of ether oxygens (including phenoxy) is 1. The van der Waals surface area contributed by atoms with E-state index in [0.29, 0.717) is 18.6 Å². The molecule has 1 aromatic rings. The molecule has 1 heterocycles. The fourth-order valence-corrected chi connectivity index (χ4v) is 2.81. The van der Waals surface area contributed by atoms with Crippen molar-refractivity contribution < 1.29 is 19.6 Å². The van der Waals surface area contributed by atoms with E-state index in [0.717, 1.165) is 18.7 Å². The zero-order valence-corrected chi connectivity index (χ0v) is 14.9. The van der Waals surface area contributed by atoms with Gasteiger partial charge < -0.3 is 19.7 Å². The van der Waals surface area contributed by atoms with Gasteiger partial charge in [-0.25, -0.2) is 4.79 Å². The average molecular weight is 334 g/mol. The van der Waals surface area contributed by atoms with Crippen molar-refractivity contribution in [1.29, 1.82) is 0 Å². The minimum absolute atomic E-state index is 0.143. The van der Waals surface area contributed by atoms with Gasteiger partial charge in [0.25, 0.3) is 0 Å². The summed E-state index contributed by atoms with van der Waals surface area (Å²) in [5.74, 6) is 0. The molecule has 1 aliphatic heterocycles. The third-order valence-corrected chi connectivity index (χ3v) is 4.20. The Labute approximate surface area is 144 Å². The highest BCUT2D eigenvalue weighted by atomic mass is 16.6. The number of piperazine rings is 1. The van der Waals surface area contributed by atoms with E-state index < -0.39 is 12.7 Å². The first-order valence-electron chi connectivity index (χ1n) is 8.35.